The second kappa shape index (κ2) is 5.12. The first-order valence-electron chi connectivity index (χ1n) is 5.93. The number of hydrogen-bond acceptors (Lipinski definition) is 4. The Morgan fingerprint density at radius 3 is 2.65 bits per heavy atom. The molecule has 0 unspecified atom stereocenters. The molecule has 0 saturated heterocycles. The molecule has 0 atom stereocenters. The van der Waals surface area contributed by atoms with Gasteiger partial charge < -0.3 is 10.3 Å². The van der Waals surface area contributed by atoms with Crippen LogP contribution in [-0.2, 0) is 17.1 Å². The number of halogens is 1. The Morgan fingerprint density at radius 2 is 2.15 bits per heavy atom. The third-order valence-corrected chi connectivity index (χ3v) is 4.86. The Balaban J connectivity index is 2.57. The van der Waals surface area contributed by atoms with Crippen LogP contribution in [0.1, 0.15) is 6.92 Å². The monoisotopic (exact) mass is 298 g/mol. The van der Waals surface area contributed by atoms with Crippen molar-refractivity contribution >= 4 is 21.5 Å². The van der Waals surface area contributed by atoms with Gasteiger partial charge in [-0.2, -0.15) is 8.42 Å². The van der Waals surface area contributed by atoms with Gasteiger partial charge >= 0.3 is 0 Å². The second-order valence-electron chi connectivity index (χ2n) is 4.20. The van der Waals surface area contributed by atoms with Crippen molar-refractivity contribution in [2.24, 2.45) is 7.05 Å². The van der Waals surface area contributed by atoms with E-state index in [0.29, 0.717) is 0 Å². The molecule has 2 aromatic rings. The zero-order valence-electron chi connectivity index (χ0n) is 11.1. The zero-order valence-corrected chi connectivity index (χ0v) is 11.9. The summed E-state index contributed by atoms with van der Waals surface area (Å²) in [5, 5.41) is -0.108. The summed E-state index contributed by atoms with van der Waals surface area (Å²) in [6.45, 7) is 1.81. The lowest BCUT2D eigenvalue weighted by Crippen LogP contribution is -2.32. The molecule has 2 rings (SSSR count). The first-order chi connectivity index (χ1) is 9.37. The summed E-state index contributed by atoms with van der Waals surface area (Å²) in [6, 6.07) is 5.39. The van der Waals surface area contributed by atoms with Gasteiger partial charge in [-0.15, -0.1) is 0 Å². The minimum Gasteiger partial charge on any atom is -0.381 e. The van der Waals surface area contributed by atoms with Crippen LogP contribution in [0.3, 0.4) is 0 Å². The highest BCUT2D eigenvalue weighted by atomic mass is 32.2. The number of imidazole rings is 1. The van der Waals surface area contributed by atoms with Gasteiger partial charge in [-0.1, -0.05) is 6.07 Å². The topological polar surface area (TPSA) is 81.2 Å². The third-order valence-electron chi connectivity index (χ3n) is 2.83. The number of nitrogen functional groups attached to an aromatic ring is 1. The largest absolute Gasteiger partial charge is 0.381 e. The third kappa shape index (κ3) is 2.34. The first kappa shape index (κ1) is 14.3. The van der Waals surface area contributed by atoms with E-state index in [-0.39, 0.29) is 23.1 Å². The van der Waals surface area contributed by atoms with E-state index in [4.69, 9.17) is 5.73 Å². The van der Waals surface area contributed by atoms with Crippen molar-refractivity contribution in [3.05, 3.63) is 36.4 Å². The fourth-order valence-corrected chi connectivity index (χ4v) is 3.65. The fourth-order valence-electron chi connectivity index (χ4n) is 1.98. The van der Waals surface area contributed by atoms with E-state index < -0.39 is 15.8 Å². The van der Waals surface area contributed by atoms with Gasteiger partial charge in [0.05, 0.1) is 12.0 Å². The van der Waals surface area contributed by atoms with Crippen LogP contribution < -0.4 is 10.0 Å². The predicted molar refractivity (Wildman–Crippen MR) is 74.2 cm³/mol. The van der Waals surface area contributed by atoms with Gasteiger partial charge in [0.2, 0.25) is 0 Å². The number of aryl methyl sites for hydroxylation is 1. The number of hydrogen-bond donors (Lipinski definition) is 1. The lowest BCUT2D eigenvalue weighted by molar-refractivity contribution is 0.582. The Labute approximate surface area is 116 Å². The molecule has 108 valence electrons. The highest BCUT2D eigenvalue weighted by molar-refractivity contribution is 7.92. The Kier molecular flexibility index (Phi) is 3.67. The van der Waals surface area contributed by atoms with E-state index in [1.165, 1.54) is 36.1 Å². The summed E-state index contributed by atoms with van der Waals surface area (Å²) in [4.78, 5) is 3.77. The molecule has 8 heteroatoms. The predicted octanol–water partition coefficient (Wildman–Crippen LogP) is 1.36. The normalized spacial score (nSPS) is 11.6. The molecule has 1 aromatic carbocycles. The Morgan fingerprint density at radius 1 is 1.45 bits per heavy atom. The molecule has 0 aliphatic carbocycles. The van der Waals surface area contributed by atoms with Crippen molar-refractivity contribution in [2.75, 3.05) is 16.6 Å². The first-order valence-corrected chi connectivity index (χ1v) is 7.37. The number of rotatable bonds is 4. The van der Waals surface area contributed by atoms with Gasteiger partial charge in [-0.05, 0) is 25.1 Å². The summed E-state index contributed by atoms with van der Waals surface area (Å²) in [7, 11) is -2.36. The van der Waals surface area contributed by atoms with E-state index in [1.807, 2.05) is 0 Å². The second-order valence-corrected chi connectivity index (χ2v) is 5.97. The molecule has 0 amide bonds. The van der Waals surface area contributed by atoms with Crippen LogP contribution in [0.5, 0.6) is 0 Å². The molecule has 0 radical (unpaired) electrons. The maximum absolute atomic E-state index is 13.3. The van der Waals surface area contributed by atoms with Crippen molar-refractivity contribution in [1.82, 2.24) is 9.55 Å². The van der Waals surface area contributed by atoms with Gasteiger partial charge in [0.1, 0.15) is 5.82 Å². The molecule has 20 heavy (non-hydrogen) atoms. The van der Waals surface area contributed by atoms with Gasteiger partial charge in [0, 0.05) is 13.6 Å². The number of nitrogens with zero attached hydrogens (tertiary/aromatic N) is 3. The maximum Gasteiger partial charge on any atom is 0.283 e. The highest BCUT2D eigenvalue weighted by Crippen LogP contribution is 2.26. The lowest BCUT2D eigenvalue weighted by Gasteiger charge is -2.23. The Hall–Kier alpha value is -2.09. The number of aromatic nitrogens is 2. The van der Waals surface area contributed by atoms with Crippen molar-refractivity contribution in [3.63, 3.8) is 0 Å². The average molecular weight is 298 g/mol. The van der Waals surface area contributed by atoms with E-state index >= 15 is 0 Å². The molecule has 1 heterocycles. The SMILES string of the molecule is CCN(c1cccc(F)c1)S(=O)(=O)c1c(N)ncn1C. The minimum absolute atomic E-state index is 0.0812. The fraction of sp³-hybridized carbons (Fsp3) is 0.250. The molecular formula is C12H15FN4O2S. The van der Waals surface area contributed by atoms with E-state index in [9.17, 15) is 12.8 Å². The van der Waals surface area contributed by atoms with Crippen LogP contribution >= 0.6 is 0 Å². The van der Waals surface area contributed by atoms with Gasteiger partial charge in [-0.3, -0.25) is 4.31 Å². The quantitative estimate of drug-likeness (QED) is 0.924. The van der Waals surface area contributed by atoms with Crippen LogP contribution in [0.4, 0.5) is 15.9 Å². The molecule has 0 fully saturated rings. The number of benzene rings is 1. The molecule has 0 aliphatic rings. The van der Waals surface area contributed by atoms with Crippen LogP contribution in [0, 0.1) is 5.82 Å². The summed E-state index contributed by atoms with van der Waals surface area (Å²) in [6.07, 6.45) is 1.32. The molecule has 0 saturated carbocycles. The standard InChI is InChI=1S/C12H15FN4O2S/c1-3-17(10-6-4-5-9(13)7-10)20(18,19)12-11(14)15-8-16(12)2/h4-8H,3,14H2,1-2H3. The highest BCUT2D eigenvalue weighted by Gasteiger charge is 2.29. The van der Waals surface area contributed by atoms with Crippen LogP contribution in [0.25, 0.3) is 0 Å². The maximum atomic E-state index is 13.3. The van der Waals surface area contributed by atoms with E-state index in [0.717, 1.165) is 10.4 Å². The average Bonchev–Trinajstić information content (AvgIpc) is 2.70. The van der Waals surface area contributed by atoms with Crippen LogP contribution in [0.15, 0.2) is 35.6 Å². The van der Waals surface area contributed by atoms with Crippen molar-refractivity contribution < 1.29 is 12.8 Å². The number of nitrogens with two attached hydrogens (primary N) is 1. The Bertz CT molecular complexity index is 707. The molecular weight excluding hydrogens is 283 g/mol. The summed E-state index contributed by atoms with van der Waals surface area (Å²) in [5.74, 6) is -0.587. The van der Waals surface area contributed by atoms with Crippen LogP contribution in [0.2, 0.25) is 0 Å². The summed E-state index contributed by atoms with van der Waals surface area (Å²) in [5.41, 5.74) is 5.86. The number of sulfonamides is 1. The van der Waals surface area contributed by atoms with Gasteiger partial charge in [-0.25, -0.2) is 9.37 Å². The summed E-state index contributed by atoms with van der Waals surface area (Å²) < 4.78 is 41.0. The number of anilines is 2. The van der Waals surface area contributed by atoms with Gasteiger partial charge in [0.15, 0.2) is 10.8 Å². The van der Waals surface area contributed by atoms with Gasteiger partial charge in [0.25, 0.3) is 10.0 Å². The molecule has 6 nitrogen and oxygen atoms in total. The van der Waals surface area contributed by atoms with Crippen LogP contribution in [-0.4, -0.2) is 24.5 Å². The summed E-state index contributed by atoms with van der Waals surface area (Å²) >= 11 is 0. The zero-order chi connectivity index (χ0) is 14.9. The minimum atomic E-state index is -3.90. The molecule has 0 aliphatic heterocycles. The smallest absolute Gasteiger partial charge is 0.283 e. The molecule has 0 spiro atoms. The molecule has 2 N–H and O–H groups in total. The van der Waals surface area contributed by atoms with Crippen molar-refractivity contribution in [2.45, 2.75) is 11.9 Å². The lowest BCUT2D eigenvalue weighted by atomic mass is 10.3. The van der Waals surface area contributed by atoms with E-state index in [1.54, 1.807) is 6.92 Å². The molecule has 1 aromatic heterocycles. The molecule has 0 bridgehead atoms. The van der Waals surface area contributed by atoms with E-state index in [2.05, 4.69) is 4.98 Å². The van der Waals surface area contributed by atoms with Crippen molar-refractivity contribution in [3.8, 4) is 0 Å². The van der Waals surface area contributed by atoms with Crippen molar-refractivity contribution in [1.29, 1.82) is 0 Å².